The lowest BCUT2D eigenvalue weighted by Crippen LogP contribution is -2.29. The van der Waals surface area contributed by atoms with Gasteiger partial charge < -0.3 is 19.7 Å². The Kier molecular flexibility index (Phi) is 7.22. The van der Waals surface area contributed by atoms with E-state index in [2.05, 4.69) is 23.3 Å². The van der Waals surface area contributed by atoms with Crippen LogP contribution in [0, 0.1) is 0 Å². The van der Waals surface area contributed by atoms with Crippen molar-refractivity contribution < 1.29 is 9.47 Å². The van der Waals surface area contributed by atoms with Crippen LogP contribution in [0.4, 0.5) is 5.69 Å². The largest absolute Gasteiger partial charge is 0.497 e. The van der Waals surface area contributed by atoms with Crippen molar-refractivity contribution in [3.8, 4) is 5.75 Å². The van der Waals surface area contributed by atoms with E-state index in [-0.39, 0.29) is 0 Å². The topological polar surface area (TPSA) is 33.7 Å². The first kappa shape index (κ1) is 14.8. The summed E-state index contributed by atoms with van der Waals surface area (Å²) >= 11 is 0. The SMILES string of the molecule is COCCCNCCN(C)c1cccc(OC)c1. The van der Waals surface area contributed by atoms with Gasteiger partial charge in [-0.05, 0) is 25.1 Å². The molecule has 1 aromatic rings. The number of nitrogens with zero attached hydrogens (tertiary/aromatic N) is 1. The summed E-state index contributed by atoms with van der Waals surface area (Å²) in [5.41, 5.74) is 1.17. The van der Waals surface area contributed by atoms with Gasteiger partial charge in [0.2, 0.25) is 0 Å². The molecule has 0 amide bonds. The van der Waals surface area contributed by atoms with E-state index in [4.69, 9.17) is 9.47 Å². The Morgan fingerprint density at radius 2 is 2.06 bits per heavy atom. The van der Waals surface area contributed by atoms with Crippen LogP contribution in [0.5, 0.6) is 5.75 Å². The number of likely N-dealkylation sites (N-methyl/N-ethyl adjacent to an activating group) is 1. The predicted molar refractivity (Wildman–Crippen MR) is 75.6 cm³/mol. The Hall–Kier alpha value is -1.26. The molecule has 0 saturated carbocycles. The van der Waals surface area contributed by atoms with Gasteiger partial charge in [-0.1, -0.05) is 6.07 Å². The van der Waals surface area contributed by atoms with Gasteiger partial charge in [0.15, 0.2) is 0 Å². The molecular weight excluding hydrogens is 228 g/mol. The second kappa shape index (κ2) is 8.78. The fourth-order valence-corrected chi connectivity index (χ4v) is 1.69. The summed E-state index contributed by atoms with van der Waals surface area (Å²) in [6.07, 6.45) is 1.05. The van der Waals surface area contributed by atoms with E-state index in [0.717, 1.165) is 38.4 Å². The highest BCUT2D eigenvalue weighted by Gasteiger charge is 2.01. The summed E-state index contributed by atoms with van der Waals surface area (Å²) in [7, 11) is 5.51. The van der Waals surface area contributed by atoms with Crippen LogP contribution in [-0.4, -0.2) is 47.5 Å². The first-order valence-corrected chi connectivity index (χ1v) is 6.32. The monoisotopic (exact) mass is 252 g/mol. The fourth-order valence-electron chi connectivity index (χ4n) is 1.69. The first-order chi connectivity index (χ1) is 8.77. The lowest BCUT2D eigenvalue weighted by molar-refractivity contribution is 0.194. The maximum absolute atomic E-state index is 5.22. The smallest absolute Gasteiger partial charge is 0.120 e. The number of hydrogen-bond acceptors (Lipinski definition) is 4. The van der Waals surface area contributed by atoms with E-state index in [1.165, 1.54) is 5.69 Å². The molecule has 18 heavy (non-hydrogen) atoms. The number of nitrogens with one attached hydrogen (secondary N) is 1. The Morgan fingerprint density at radius 1 is 1.22 bits per heavy atom. The number of anilines is 1. The predicted octanol–water partition coefficient (Wildman–Crippen LogP) is 1.76. The van der Waals surface area contributed by atoms with Crippen LogP contribution in [0.15, 0.2) is 24.3 Å². The zero-order valence-corrected chi connectivity index (χ0v) is 11.6. The van der Waals surface area contributed by atoms with Crippen molar-refractivity contribution in [3.63, 3.8) is 0 Å². The number of rotatable bonds is 9. The minimum atomic E-state index is 0.818. The molecular formula is C14H24N2O2. The Bertz CT molecular complexity index is 331. The van der Waals surface area contributed by atoms with Gasteiger partial charge in [0.25, 0.3) is 0 Å². The van der Waals surface area contributed by atoms with Crippen molar-refractivity contribution >= 4 is 5.69 Å². The van der Waals surface area contributed by atoms with Crippen molar-refractivity contribution in [2.75, 3.05) is 52.4 Å². The first-order valence-electron chi connectivity index (χ1n) is 6.32. The van der Waals surface area contributed by atoms with Gasteiger partial charge in [0.1, 0.15) is 5.75 Å². The zero-order valence-electron chi connectivity index (χ0n) is 11.6. The normalized spacial score (nSPS) is 10.4. The van der Waals surface area contributed by atoms with Crippen molar-refractivity contribution in [3.05, 3.63) is 24.3 Å². The second-order valence-corrected chi connectivity index (χ2v) is 4.22. The van der Waals surface area contributed by atoms with Crippen molar-refractivity contribution in [1.29, 1.82) is 0 Å². The molecule has 1 rings (SSSR count). The quantitative estimate of drug-likeness (QED) is 0.679. The number of benzene rings is 1. The zero-order chi connectivity index (χ0) is 13.2. The van der Waals surface area contributed by atoms with E-state index in [1.54, 1.807) is 14.2 Å². The van der Waals surface area contributed by atoms with E-state index in [0.29, 0.717) is 0 Å². The summed E-state index contributed by atoms with van der Waals surface area (Å²) in [6.45, 7) is 3.76. The minimum Gasteiger partial charge on any atom is -0.497 e. The maximum atomic E-state index is 5.22. The second-order valence-electron chi connectivity index (χ2n) is 4.22. The molecule has 0 radical (unpaired) electrons. The van der Waals surface area contributed by atoms with Crippen LogP contribution >= 0.6 is 0 Å². The van der Waals surface area contributed by atoms with Crippen molar-refractivity contribution in [2.45, 2.75) is 6.42 Å². The van der Waals surface area contributed by atoms with Gasteiger partial charge in [-0.3, -0.25) is 0 Å². The average Bonchev–Trinajstić information content (AvgIpc) is 2.42. The molecule has 1 aromatic carbocycles. The summed E-state index contributed by atoms with van der Waals surface area (Å²) in [6, 6.07) is 8.11. The molecule has 0 aromatic heterocycles. The Labute approximate surface area is 110 Å². The Balaban J connectivity index is 2.25. The molecule has 0 aliphatic rings. The van der Waals surface area contributed by atoms with Crippen LogP contribution in [0.25, 0.3) is 0 Å². The van der Waals surface area contributed by atoms with E-state index < -0.39 is 0 Å². The van der Waals surface area contributed by atoms with Crippen LogP contribution in [-0.2, 0) is 4.74 Å². The third kappa shape index (κ3) is 5.38. The van der Waals surface area contributed by atoms with E-state index in [9.17, 15) is 0 Å². The number of ether oxygens (including phenoxy) is 2. The highest BCUT2D eigenvalue weighted by atomic mass is 16.5. The van der Waals surface area contributed by atoms with Crippen molar-refractivity contribution in [2.24, 2.45) is 0 Å². The molecule has 0 spiro atoms. The minimum absolute atomic E-state index is 0.818. The van der Waals surface area contributed by atoms with Gasteiger partial charge in [0, 0.05) is 45.6 Å². The average molecular weight is 252 g/mol. The molecule has 0 unspecified atom stereocenters. The van der Waals surface area contributed by atoms with Gasteiger partial charge in [-0.25, -0.2) is 0 Å². The number of methoxy groups -OCH3 is 2. The van der Waals surface area contributed by atoms with Gasteiger partial charge in [-0.15, -0.1) is 0 Å². The van der Waals surface area contributed by atoms with E-state index >= 15 is 0 Å². The standard InChI is InChI=1S/C14H24N2O2/c1-16(10-9-15-8-5-11-17-2)13-6-4-7-14(12-13)18-3/h4,6-7,12,15H,5,8-11H2,1-3H3. The maximum Gasteiger partial charge on any atom is 0.120 e. The van der Waals surface area contributed by atoms with Crippen LogP contribution in [0.3, 0.4) is 0 Å². The Morgan fingerprint density at radius 3 is 2.78 bits per heavy atom. The third-order valence-corrected chi connectivity index (χ3v) is 2.82. The van der Waals surface area contributed by atoms with Crippen LogP contribution in [0.1, 0.15) is 6.42 Å². The molecule has 102 valence electrons. The summed E-state index contributed by atoms with van der Waals surface area (Å²) < 4.78 is 10.2. The number of hydrogen-bond donors (Lipinski definition) is 1. The van der Waals surface area contributed by atoms with E-state index in [1.807, 2.05) is 18.2 Å². The molecule has 0 aliphatic heterocycles. The highest BCUT2D eigenvalue weighted by Crippen LogP contribution is 2.19. The van der Waals surface area contributed by atoms with Gasteiger partial charge in [0.05, 0.1) is 7.11 Å². The van der Waals surface area contributed by atoms with Crippen LogP contribution < -0.4 is 15.0 Å². The molecule has 0 aliphatic carbocycles. The molecule has 4 heteroatoms. The fraction of sp³-hybridized carbons (Fsp3) is 0.571. The lowest BCUT2D eigenvalue weighted by atomic mass is 10.3. The molecule has 1 N–H and O–H groups in total. The highest BCUT2D eigenvalue weighted by molar-refractivity contribution is 5.50. The molecule has 0 heterocycles. The summed E-state index contributed by atoms with van der Waals surface area (Å²) in [5, 5.41) is 3.40. The lowest BCUT2D eigenvalue weighted by Gasteiger charge is -2.20. The molecule has 0 fully saturated rings. The molecule has 0 atom stereocenters. The van der Waals surface area contributed by atoms with Crippen LogP contribution in [0.2, 0.25) is 0 Å². The summed E-state index contributed by atoms with van der Waals surface area (Å²) in [5.74, 6) is 0.896. The molecule has 4 nitrogen and oxygen atoms in total. The molecule has 0 bridgehead atoms. The molecule has 0 saturated heterocycles. The van der Waals surface area contributed by atoms with Gasteiger partial charge in [-0.2, -0.15) is 0 Å². The van der Waals surface area contributed by atoms with Crippen molar-refractivity contribution in [1.82, 2.24) is 5.32 Å². The van der Waals surface area contributed by atoms with Gasteiger partial charge >= 0.3 is 0 Å². The third-order valence-electron chi connectivity index (χ3n) is 2.82. The summed E-state index contributed by atoms with van der Waals surface area (Å²) in [4.78, 5) is 2.21.